The molecule has 0 aliphatic carbocycles. The molecule has 2 atom stereocenters. The Bertz CT molecular complexity index is 1070. The summed E-state index contributed by atoms with van der Waals surface area (Å²) in [5, 5.41) is 9.92. The average molecular weight is 459 g/mol. The molecule has 4 aliphatic rings. The van der Waals surface area contributed by atoms with Crippen molar-refractivity contribution in [2.45, 2.75) is 31.2 Å². The Morgan fingerprint density at radius 1 is 0.938 bits per heavy atom. The van der Waals surface area contributed by atoms with Gasteiger partial charge in [-0.15, -0.1) is 0 Å². The highest BCUT2D eigenvalue weighted by atomic mass is 32.2. The van der Waals surface area contributed by atoms with Crippen LogP contribution in [-0.4, -0.2) is 66.4 Å². The molecule has 0 spiro atoms. The molecule has 0 radical (unpaired) electrons. The van der Waals surface area contributed by atoms with Gasteiger partial charge in [-0.2, -0.15) is 8.42 Å². The molecule has 0 saturated carbocycles. The Balaban J connectivity index is 0.000000444. The first-order valence-corrected chi connectivity index (χ1v) is 12.9. The van der Waals surface area contributed by atoms with Crippen molar-refractivity contribution in [3.8, 4) is 0 Å². The predicted molar refractivity (Wildman–Crippen MR) is 123 cm³/mol. The zero-order chi connectivity index (χ0) is 22.9. The van der Waals surface area contributed by atoms with E-state index in [4.69, 9.17) is 4.55 Å². The molecule has 7 nitrogen and oxygen atoms in total. The first-order chi connectivity index (χ1) is 15.2. The summed E-state index contributed by atoms with van der Waals surface area (Å²) in [6.45, 7) is 4.11. The van der Waals surface area contributed by atoms with Gasteiger partial charge < -0.3 is 10.0 Å². The Labute approximate surface area is 189 Å². The maximum absolute atomic E-state index is 12.1. The summed E-state index contributed by atoms with van der Waals surface area (Å²) >= 11 is 0. The molecule has 1 unspecified atom stereocenters. The second-order valence-electron chi connectivity index (χ2n) is 8.93. The van der Waals surface area contributed by atoms with Crippen LogP contribution in [0.3, 0.4) is 0 Å². The molecule has 3 saturated heterocycles. The summed E-state index contributed by atoms with van der Waals surface area (Å²) in [5.74, 6) is 1.25. The SMILES string of the molecule is CS(=O)(=O)O.O=C(O)N1CCc2ccccc2[C@@H]1c1ccccc1C1CN2CCC1CC2. The number of carbonyl (C=O) groups is 1. The third-order valence-electron chi connectivity index (χ3n) is 6.88. The van der Waals surface area contributed by atoms with Crippen LogP contribution < -0.4 is 0 Å². The van der Waals surface area contributed by atoms with Gasteiger partial charge in [0.15, 0.2) is 0 Å². The van der Waals surface area contributed by atoms with Gasteiger partial charge in [-0.05, 0) is 66.4 Å². The average Bonchev–Trinajstić information content (AvgIpc) is 2.78. The lowest BCUT2D eigenvalue weighted by Crippen LogP contribution is -2.47. The molecule has 32 heavy (non-hydrogen) atoms. The predicted octanol–water partition coefficient (Wildman–Crippen LogP) is 3.63. The van der Waals surface area contributed by atoms with E-state index in [9.17, 15) is 18.3 Å². The van der Waals surface area contributed by atoms with E-state index < -0.39 is 16.2 Å². The number of nitrogens with zero attached hydrogens (tertiary/aromatic N) is 2. The van der Waals surface area contributed by atoms with E-state index >= 15 is 0 Å². The molecule has 6 rings (SSSR count). The number of hydrogen-bond donors (Lipinski definition) is 2. The normalized spacial score (nSPS) is 26.6. The largest absolute Gasteiger partial charge is 0.465 e. The fourth-order valence-corrected chi connectivity index (χ4v) is 5.52. The second-order valence-corrected chi connectivity index (χ2v) is 10.4. The summed E-state index contributed by atoms with van der Waals surface area (Å²) in [5.41, 5.74) is 4.98. The van der Waals surface area contributed by atoms with Crippen LogP contribution in [0.1, 0.15) is 47.1 Å². The van der Waals surface area contributed by atoms with Crippen LogP contribution in [0, 0.1) is 5.92 Å². The highest BCUT2D eigenvalue weighted by molar-refractivity contribution is 7.85. The molecule has 0 aromatic heterocycles. The molecular formula is C24H30N2O5S. The van der Waals surface area contributed by atoms with E-state index in [1.165, 1.54) is 42.6 Å². The van der Waals surface area contributed by atoms with Crippen LogP contribution >= 0.6 is 0 Å². The second kappa shape index (κ2) is 9.21. The van der Waals surface area contributed by atoms with Gasteiger partial charge in [0, 0.05) is 13.1 Å². The molecule has 1 amide bonds. The maximum atomic E-state index is 12.1. The van der Waals surface area contributed by atoms with Gasteiger partial charge in [0.2, 0.25) is 0 Å². The first-order valence-electron chi connectivity index (χ1n) is 11.0. The third kappa shape index (κ3) is 4.98. The zero-order valence-electron chi connectivity index (χ0n) is 18.2. The van der Waals surface area contributed by atoms with Crippen LogP contribution in [0.2, 0.25) is 0 Å². The summed E-state index contributed by atoms with van der Waals surface area (Å²) in [7, 11) is -3.67. The third-order valence-corrected chi connectivity index (χ3v) is 6.88. The molecule has 2 aromatic carbocycles. The Morgan fingerprint density at radius 2 is 1.50 bits per heavy atom. The fraction of sp³-hybridized carbons (Fsp3) is 0.458. The molecule has 2 N–H and O–H groups in total. The lowest BCUT2D eigenvalue weighted by atomic mass is 9.72. The minimum Gasteiger partial charge on any atom is -0.465 e. The highest BCUT2D eigenvalue weighted by Gasteiger charge is 2.39. The first kappa shape index (κ1) is 22.8. The minimum absolute atomic E-state index is 0.195. The molecule has 4 aliphatic heterocycles. The van der Waals surface area contributed by atoms with E-state index in [2.05, 4.69) is 47.4 Å². The molecule has 172 valence electrons. The van der Waals surface area contributed by atoms with Gasteiger partial charge in [0.05, 0.1) is 12.3 Å². The molecule has 2 bridgehead atoms. The molecule has 3 fully saturated rings. The van der Waals surface area contributed by atoms with Crippen LogP contribution in [-0.2, 0) is 16.5 Å². The van der Waals surface area contributed by atoms with Gasteiger partial charge in [-0.3, -0.25) is 9.45 Å². The highest BCUT2D eigenvalue weighted by Crippen LogP contribution is 2.44. The van der Waals surface area contributed by atoms with Crippen molar-refractivity contribution in [3.05, 3.63) is 70.8 Å². The van der Waals surface area contributed by atoms with Crippen LogP contribution in [0.5, 0.6) is 0 Å². The summed E-state index contributed by atoms with van der Waals surface area (Å²) in [6, 6.07) is 16.8. The van der Waals surface area contributed by atoms with Crippen molar-refractivity contribution >= 4 is 16.2 Å². The smallest absolute Gasteiger partial charge is 0.408 e. The Morgan fingerprint density at radius 3 is 2.06 bits per heavy atom. The molecule has 8 heteroatoms. The van der Waals surface area contributed by atoms with Gasteiger partial charge in [-0.25, -0.2) is 4.79 Å². The van der Waals surface area contributed by atoms with E-state index in [0.717, 1.165) is 24.4 Å². The van der Waals surface area contributed by atoms with Crippen molar-refractivity contribution < 1.29 is 22.9 Å². The van der Waals surface area contributed by atoms with Crippen molar-refractivity contribution in [2.24, 2.45) is 5.92 Å². The summed E-state index contributed by atoms with van der Waals surface area (Å²) in [6.07, 6.45) is 3.22. The standard InChI is InChI=1S/C23H26N2O2.CH4O3S/c26-23(27)25-14-11-16-5-1-2-6-18(16)22(25)20-8-4-3-7-19(20)21-15-24-12-9-17(21)10-13-24;1-5(2,3)4/h1-8,17,21-22H,9-15H2,(H,26,27);1H3,(H,2,3,4)/t21?,22-;/m1./s1. The van der Waals surface area contributed by atoms with Crippen molar-refractivity contribution in [1.82, 2.24) is 9.80 Å². The van der Waals surface area contributed by atoms with E-state index in [0.29, 0.717) is 18.7 Å². The quantitative estimate of drug-likeness (QED) is 0.667. The number of hydrogen-bond acceptors (Lipinski definition) is 4. The topological polar surface area (TPSA) is 98.1 Å². The van der Waals surface area contributed by atoms with Crippen LogP contribution in [0.25, 0.3) is 0 Å². The van der Waals surface area contributed by atoms with Gasteiger partial charge in [0.1, 0.15) is 0 Å². The van der Waals surface area contributed by atoms with Gasteiger partial charge in [0.25, 0.3) is 10.1 Å². The molecular weight excluding hydrogens is 428 g/mol. The lowest BCUT2D eigenvalue weighted by Gasteiger charge is -2.46. The van der Waals surface area contributed by atoms with Crippen LogP contribution in [0.15, 0.2) is 48.5 Å². The zero-order valence-corrected chi connectivity index (χ0v) is 19.0. The molecule has 2 aromatic rings. The summed E-state index contributed by atoms with van der Waals surface area (Å²) < 4.78 is 25.9. The Kier molecular flexibility index (Phi) is 6.55. The minimum atomic E-state index is -3.67. The fourth-order valence-electron chi connectivity index (χ4n) is 5.52. The maximum Gasteiger partial charge on any atom is 0.408 e. The van der Waals surface area contributed by atoms with Gasteiger partial charge >= 0.3 is 6.09 Å². The Hall–Kier alpha value is -2.42. The lowest BCUT2D eigenvalue weighted by molar-refractivity contribution is 0.0857. The van der Waals surface area contributed by atoms with E-state index in [1.807, 2.05) is 6.07 Å². The number of carboxylic acid groups (broad SMARTS) is 1. The number of benzene rings is 2. The summed E-state index contributed by atoms with van der Waals surface area (Å²) in [4.78, 5) is 16.3. The monoisotopic (exact) mass is 458 g/mol. The van der Waals surface area contributed by atoms with Crippen molar-refractivity contribution in [2.75, 3.05) is 32.4 Å². The number of rotatable bonds is 2. The number of piperidine rings is 3. The van der Waals surface area contributed by atoms with E-state index in [-0.39, 0.29) is 6.04 Å². The molecule has 4 heterocycles. The van der Waals surface area contributed by atoms with Gasteiger partial charge in [-0.1, -0.05) is 48.5 Å². The van der Waals surface area contributed by atoms with E-state index in [1.54, 1.807) is 4.90 Å². The van der Waals surface area contributed by atoms with Crippen molar-refractivity contribution in [1.29, 1.82) is 0 Å². The van der Waals surface area contributed by atoms with Crippen LogP contribution in [0.4, 0.5) is 4.79 Å². The van der Waals surface area contributed by atoms with Crippen molar-refractivity contribution in [3.63, 3.8) is 0 Å². The number of amides is 1. The number of fused-ring (bicyclic) bond motifs is 4.